The molecule has 1 amide bonds. The molecule has 1 aliphatic heterocycles. The fraction of sp³-hybridized carbons (Fsp3) is 0.200. The van der Waals surface area contributed by atoms with Gasteiger partial charge in [-0.3, -0.25) is 4.79 Å². The number of amides is 1. The van der Waals surface area contributed by atoms with Crippen LogP contribution in [-0.2, 0) is 11.3 Å². The molecule has 0 radical (unpaired) electrons. The lowest BCUT2D eigenvalue weighted by Gasteiger charge is -2.11. The van der Waals surface area contributed by atoms with Gasteiger partial charge >= 0.3 is 0 Å². The fourth-order valence-corrected chi connectivity index (χ4v) is 1.32. The summed E-state index contributed by atoms with van der Waals surface area (Å²) in [6.07, 6.45) is 1.61. The zero-order chi connectivity index (χ0) is 9.10. The molecule has 0 N–H and O–H groups in total. The lowest BCUT2D eigenvalue weighted by atomic mass is 10.2. The number of nitrogens with zero attached hydrogens (tertiary/aromatic N) is 2. The van der Waals surface area contributed by atoms with Crippen molar-refractivity contribution in [1.29, 1.82) is 0 Å². The van der Waals surface area contributed by atoms with Crippen LogP contribution in [0.1, 0.15) is 5.56 Å². The van der Waals surface area contributed by atoms with Crippen molar-refractivity contribution in [3.05, 3.63) is 35.9 Å². The summed E-state index contributed by atoms with van der Waals surface area (Å²) in [5.74, 6) is -0.0593. The van der Waals surface area contributed by atoms with Gasteiger partial charge in [0.2, 0.25) is 0 Å². The summed E-state index contributed by atoms with van der Waals surface area (Å²) in [5.41, 5.74) is 1.20. The Balaban J connectivity index is 2.00. The molecule has 3 heteroatoms. The van der Waals surface area contributed by atoms with Crippen molar-refractivity contribution in [1.82, 2.24) is 4.90 Å². The minimum absolute atomic E-state index is 0.0593. The molecule has 0 aliphatic carbocycles. The number of carbonyl (C=O) groups excluding carboxylic acids is 1. The Hall–Kier alpha value is -1.64. The van der Waals surface area contributed by atoms with E-state index in [1.807, 2.05) is 35.2 Å². The Bertz CT molecular complexity index is 332. The predicted octanol–water partition coefficient (Wildman–Crippen LogP) is 1.06. The van der Waals surface area contributed by atoms with Crippen molar-refractivity contribution >= 4 is 12.2 Å². The van der Waals surface area contributed by atoms with Gasteiger partial charge < -0.3 is 4.90 Å². The minimum atomic E-state index is -0.0593. The number of rotatable bonds is 2. The second-order valence-electron chi connectivity index (χ2n) is 3.03. The Morgan fingerprint density at radius 1 is 1.31 bits per heavy atom. The summed E-state index contributed by atoms with van der Waals surface area (Å²) >= 11 is 0. The molecule has 1 aromatic rings. The minimum Gasteiger partial charge on any atom is -0.349 e. The molecule has 66 valence electrons. The number of carbonyl (C=O) groups is 1. The van der Waals surface area contributed by atoms with Crippen LogP contribution in [0.2, 0.25) is 0 Å². The largest absolute Gasteiger partial charge is 0.349 e. The van der Waals surface area contributed by atoms with E-state index in [9.17, 15) is 4.79 Å². The van der Waals surface area contributed by atoms with Gasteiger partial charge in [0.25, 0.3) is 5.91 Å². The molecular formula is C10H10N2O. The van der Waals surface area contributed by atoms with Gasteiger partial charge in [0, 0.05) is 6.54 Å². The predicted molar refractivity (Wildman–Crippen MR) is 50.4 cm³/mol. The first kappa shape index (κ1) is 7.98. The summed E-state index contributed by atoms with van der Waals surface area (Å²) < 4.78 is 0. The lowest BCUT2D eigenvalue weighted by molar-refractivity contribution is -0.117. The third kappa shape index (κ3) is 1.93. The summed E-state index contributed by atoms with van der Waals surface area (Å²) in [6.45, 7) is 1.17. The highest BCUT2D eigenvalue weighted by molar-refractivity contribution is 5.91. The van der Waals surface area contributed by atoms with Crippen LogP contribution in [-0.4, -0.2) is 23.7 Å². The van der Waals surface area contributed by atoms with Crippen LogP contribution in [0.15, 0.2) is 35.3 Å². The van der Waals surface area contributed by atoms with E-state index >= 15 is 0 Å². The van der Waals surface area contributed by atoms with Crippen molar-refractivity contribution in [3.63, 3.8) is 0 Å². The quantitative estimate of drug-likeness (QED) is 0.671. The van der Waals surface area contributed by atoms with E-state index in [2.05, 4.69) is 4.99 Å². The first-order chi connectivity index (χ1) is 6.34. The highest BCUT2D eigenvalue weighted by Crippen LogP contribution is 2.05. The van der Waals surface area contributed by atoms with Gasteiger partial charge in [-0.05, 0) is 5.56 Å². The molecule has 0 unspecified atom stereocenters. The van der Waals surface area contributed by atoms with E-state index in [0.717, 1.165) is 6.54 Å². The highest BCUT2D eigenvalue weighted by atomic mass is 16.1. The van der Waals surface area contributed by atoms with E-state index < -0.39 is 0 Å². The van der Waals surface area contributed by atoms with Crippen LogP contribution in [0.25, 0.3) is 0 Å². The fourth-order valence-electron chi connectivity index (χ4n) is 1.32. The van der Waals surface area contributed by atoms with E-state index in [1.165, 1.54) is 5.56 Å². The normalized spacial score (nSPS) is 15.4. The van der Waals surface area contributed by atoms with Crippen LogP contribution in [0, 0.1) is 0 Å². The molecule has 13 heavy (non-hydrogen) atoms. The van der Waals surface area contributed by atoms with Crippen molar-refractivity contribution in [2.75, 3.05) is 6.54 Å². The molecule has 1 heterocycles. The Morgan fingerprint density at radius 2 is 2.08 bits per heavy atom. The monoisotopic (exact) mass is 174 g/mol. The number of aliphatic imine (C=N–C) groups is 1. The number of hydrogen-bond acceptors (Lipinski definition) is 2. The van der Waals surface area contributed by atoms with Gasteiger partial charge in [0.1, 0.15) is 6.54 Å². The van der Waals surface area contributed by atoms with Crippen LogP contribution in [0.5, 0.6) is 0 Å². The molecule has 0 saturated heterocycles. The van der Waals surface area contributed by atoms with Gasteiger partial charge in [-0.15, -0.1) is 0 Å². The number of benzene rings is 1. The van der Waals surface area contributed by atoms with Crippen LogP contribution < -0.4 is 0 Å². The molecule has 0 saturated carbocycles. The first-order valence-corrected chi connectivity index (χ1v) is 4.19. The van der Waals surface area contributed by atoms with Crippen LogP contribution in [0.3, 0.4) is 0 Å². The summed E-state index contributed by atoms with van der Waals surface area (Å²) in [6, 6.07) is 10.0. The molecule has 1 aromatic carbocycles. The molecular weight excluding hydrogens is 164 g/mol. The molecule has 0 bridgehead atoms. The smallest absolute Gasteiger partial charge is 0.266 e. The summed E-state index contributed by atoms with van der Waals surface area (Å²) in [4.78, 5) is 16.4. The maximum absolute atomic E-state index is 10.8. The van der Waals surface area contributed by atoms with Gasteiger partial charge in [0.05, 0.1) is 6.34 Å². The molecule has 0 atom stereocenters. The van der Waals surface area contributed by atoms with Gasteiger partial charge in [-0.2, -0.15) is 0 Å². The maximum Gasteiger partial charge on any atom is 0.266 e. The van der Waals surface area contributed by atoms with Crippen molar-refractivity contribution in [3.8, 4) is 0 Å². The van der Waals surface area contributed by atoms with E-state index in [-0.39, 0.29) is 5.91 Å². The summed E-state index contributed by atoms with van der Waals surface area (Å²) in [7, 11) is 0. The third-order valence-corrected chi connectivity index (χ3v) is 1.93. The molecule has 0 fully saturated rings. The average molecular weight is 174 g/mol. The molecule has 1 aliphatic rings. The molecule has 0 spiro atoms. The van der Waals surface area contributed by atoms with E-state index in [1.54, 1.807) is 6.34 Å². The van der Waals surface area contributed by atoms with Crippen LogP contribution >= 0.6 is 0 Å². The number of hydrogen-bond donors (Lipinski definition) is 0. The van der Waals surface area contributed by atoms with Gasteiger partial charge in [0.15, 0.2) is 0 Å². The average Bonchev–Trinajstić information content (AvgIpc) is 2.53. The van der Waals surface area contributed by atoms with Gasteiger partial charge in [-0.25, -0.2) is 4.99 Å². The third-order valence-electron chi connectivity index (χ3n) is 1.93. The molecule has 3 nitrogen and oxygen atoms in total. The summed E-state index contributed by atoms with van der Waals surface area (Å²) in [5, 5.41) is 0. The molecule has 2 rings (SSSR count). The Kier molecular flexibility index (Phi) is 2.08. The molecule has 0 aromatic heterocycles. The standard InChI is InChI=1S/C10H10N2O/c13-10-7-12(8-11-10)6-9-4-2-1-3-5-9/h1-5,8H,6-7H2. The first-order valence-electron chi connectivity index (χ1n) is 4.19. The van der Waals surface area contributed by atoms with Crippen molar-refractivity contribution < 1.29 is 4.79 Å². The second kappa shape index (κ2) is 3.39. The zero-order valence-electron chi connectivity index (χ0n) is 7.18. The second-order valence-corrected chi connectivity index (χ2v) is 3.03. The van der Waals surface area contributed by atoms with Gasteiger partial charge in [-0.1, -0.05) is 30.3 Å². The SMILES string of the molecule is O=C1CN(Cc2ccccc2)C=N1. The van der Waals surface area contributed by atoms with E-state index in [4.69, 9.17) is 0 Å². The van der Waals surface area contributed by atoms with Crippen molar-refractivity contribution in [2.24, 2.45) is 4.99 Å². The Morgan fingerprint density at radius 3 is 2.69 bits per heavy atom. The van der Waals surface area contributed by atoms with E-state index in [0.29, 0.717) is 6.54 Å². The van der Waals surface area contributed by atoms with Crippen molar-refractivity contribution in [2.45, 2.75) is 6.54 Å². The Labute approximate surface area is 76.7 Å². The zero-order valence-corrected chi connectivity index (χ0v) is 7.18. The van der Waals surface area contributed by atoms with Crippen LogP contribution in [0.4, 0.5) is 0 Å². The lowest BCUT2D eigenvalue weighted by Crippen LogP contribution is -2.20. The topological polar surface area (TPSA) is 32.7 Å². The maximum atomic E-state index is 10.8. The highest BCUT2D eigenvalue weighted by Gasteiger charge is 2.12.